The lowest BCUT2D eigenvalue weighted by atomic mass is 10.6. The van der Waals surface area contributed by atoms with Crippen LogP contribution in [0.15, 0.2) is 0 Å². The highest BCUT2D eigenvalue weighted by molar-refractivity contribution is 8.19. The zero-order valence-corrected chi connectivity index (χ0v) is 5.44. The highest BCUT2D eigenvalue weighted by Gasteiger charge is 2.08. The summed E-state index contributed by atoms with van der Waals surface area (Å²) in [6, 6.07) is 0. The van der Waals surface area contributed by atoms with E-state index < -0.39 is 0 Å². The average Bonchev–Trinajstić information content (AvgIpc) is 1.86. The van der Waals surface area contributed by atoms with Gasteiger partial charge in [0.25, 0.3) is 0 Å². The first-order valence-corrected chi connectivity index (χ1v) is 4.29. The van der Waals surface area contributed by atoms with E-state index in [9.17, 15) is 0 Å². The fourth-order valence-electron chi connectivity index (χ4n) is 0.426. The molecule has 1 fully saturated rings. The maximum absolute atomic E-state index is 2.28. The summed E-state index contributed by atoms with van der Waals surface area (Å²) in [5, 5.41) is 2.25. The smallest absolute Gasteiger partial charge is 0.0395 e. The van der Waals surface area contributed by atoms with Gasteiger partial charge in [-0.15, -0.1) is 23.5 Å². The molecule has 0 radical (unpaired) electrons. The normalized spacial score (nSPS) is 34.5. The van der Waals surface area contributed by atoms with Gasteiger partial charge in [0.05, 0.1) is 0 Å². The summed E-state index contributed by atoms with van der Waals surface area (Å²) in [7, 11) is 0. The second-order valence-electron chi connectivity index (χ2n) is 1.47. The monoisotopic (exact) mass is 120 g/mol. The first-order valence-electron chi connectivity index (χ1n) is 2.09. The van der Waals surface area contributed by atoms with E-state index in [2.05, 4.69) is 18.7 Å². The Bertz CT molecular complexity index is 38.8. The van der Waals surface area contributed by atoms with Crippen LogP contribution in [0.2, 0.25) is 0 Å². The van der Waals surface area contributed by atoms with Crippen LogP contribution in [0.4, 0.5) is 0 Å². The molecule has 0 N–H and O–H groups in total. The Kier molecular flexibility index (Phi) is 1.72. The molecule has 1 heterocycles. The van der Waals surface area contributed by atoms with Crippen LogP contribution in [0.3, 0.4) is 0 Å². The zero-order valence-electron chi connectivity index (χ0n) is 3.81. The van der Waals surface area contributed by atoms with Gasteiger partial charge in [0.1, 0.15) is 0 Å². The van der Waals surface area contributed by atoms with E-state index in [4.69, 9.17) is 0 Å². The molecule has 1 aliphatic rings. The predicted octanol–water partition coefficient (Wildman–Crippen LogP) is 1.81. The molecule has 0 saturated carbocycles. The molecule has 0 spiro atoms. The minimum absolute atomic E-state index is 0.926. The van der Waals surface area contributed by atoms with E-state index in [0.717, 1.165) is 5.25 Å². The summed E-state index contributed by atoms with van der Waals surface area (Å²) in [6.07, 6.45) is 0. The highest BCUT2D eigenvalue weighted by Crippen LogP contribution is 2.28. The summed E-state index contributed by atoms with van der Waals surface area (Å²) < 4.78 is 0. The van der Waals surface area contributed by atoms with Crippen molar-refractivity contribution in [2.24, 2.45) is 0 Å². The Hall–Kier alpha value is 0.700. The van der Waals surface area contributed by atoms with E-state index in [1.165, 1.54) is 10.8 Å². The molecule has 2 heteroatoms. The Labute approximate surface area is 47.1 Å². The van der Waals surface area contributed by atoms with E-state index >= 15 is 0 Å². The third-order valence-electron chi connectivity index (χ3n) is 0.788. The van der Waals surface area contributed by atoms with Gasteiger partial charge >= 0.3 is 0 Å². The van der Waals surface area contributed by atoms with Gasteiger partial charge in [-0.3, -0.25) is 0 Å². The van der Waals surface area contributed by atoms with Gasteiger partial charge in [0.15, 0.2) is 0 Å². The molecule has 0 bridgehead atoms. The lowest BCUT2D eigenvalue weighted by molar-refractivity contribution is 1.15. The Morgan fingerprint density at radius 3 is 2.67 bits per heavy atom. The minimum atomic E-state index is 0.926. The lowest BCUT2D eigenvalue weighted by Crippen LogP contribution is -1.88. The molecule has 36 valence electrons. The molecule has 1 aliphatic heterocycles. The zero-order chi connectivity index (χ0) is 4.41. The maximum Gasteiger partial charge on any atom is 0.0395 e. The van der Waals surface area contributed by atoms with Gasteiger partial charge in [-0.25, -0.2) is 0 Å². The molecule has 6 heavy (non-hydrogen) atoms. The third kappa shape index (κ3) is 1.09. The Morgan fingerprint density at radius 2 is 2.50 bits per heavy atom. The topological polar surface area (TPSA) is 0 Å². The molecule has 1 saturated heterocycles. The van der Waals surface area contributed by atoms with Gasteiger partial charge in [0, 0.05) is 16.1 Å². The molecule has 0 nitrogen and oxygen atoms in total. The molecule has 0 aromatic heterocycles. The van der Waals surface area contributed by atoms with Crippen LogP contribution in [-0.2, 0) is 0 Å². The Morgan fingerprint density at radius 1 is 1.67 bits per heavy atom. The second kappa shape index (κ2) is 2.12. The molecule has 1 rings (SSSR count). The van der Waals surface area contributed by atoms with Crippen molar-refractivity contribution in [1.82, 2.24) is 0 Å². The standard InChI is InChI=1S/C4H8S2/c1-4-2-5-3-6-4/h4H,2-3H2,1H3/t4-/m1/s1. The molecule has 0 amide bonds. The van der Waals surface area contributed by atoms with Crippen molar-refractivity contribution in [2.75, 3.05) is 10.8 Å². The van der Waals surface area contributed by atoms with Crippen molar-refractivity contribution < 1.29 is 0 Å². The first kappa shape index (κ1) is 4.85. The van der Waals surface area contributed by atoms with Crippen molar-refractivity contribution >= 4 is 23.5 Å². The summed E-state index contributed by atoms with van der Waals surface area (Å²) in [5.74, 6) is 1.37. The third-order valence-corrected chi connectivity index (χ3v) is 3.68. The Balaban J connectivity index is 2.18. The molecule has 1 atom stereocenters. The number of thioether (sulfide) groups is 2. The fraction of sp³-hybridized carbons (Fsp3) is 1.00. The number of hydrogen-bond donors (Lipinski definition) is 0. The summed E-state index contributed by atoms with van der Waals surface area (Å²) in [5.41, 5.74) is 0. The van der Waals surface area contributed by atoms with Gasteiger partial charge < -0.3 is 0 Å². The highest BCUT2D eigenvalue weighted by atomic mass is 32.2. The predicted molar refractivity (Wildman–Crippen MR) is 34.4 cm³/mol. The minimum Gasteiger partial charge on any atom is -0.150 e. The number of rotatable bonds is 0. The molecule has 0 aromatic carbocycles. The lowest BCUT2D eigenvalue weighted by Gasteiger charge is -1.89. The van der Waals surface area contributed by atoms with E-state index in [0.29, 0.717) is 0 Å². The van der Waals surface area contributed by atoms with Crippen LogP contribution < -0.4 is 0 Å². The van der Waals surface area contributed by atoms with E-state index in [1.807, 2.05) is 11.8 Å². The SMILES string of the molecule is C[C@@H]1CSCS1. The molecular formula is C4H8S2. The van der Waals surface area contributed by atoms with Crippen LogP contribution in [0.25, 0.3) is 0 Å². The van der Waals surface area contributed by atoms with Gasteiger partial charge in [-0.2, -0.15) is 0 Å². The van der Waals surface area contributed by atoms with Crippen LogP contribution in [0.1, 0.15) is 6.92 Å². The van der Waals surface area contributed by atoms with Crippen LogP contribution in [0, 0.1) is 0 Å². The molecule has 0 aliphatic carbocycles. The van der Waals surface area contributed by atoms with Crippen molar-refractivity contribution in [3.8, 4) is 0 Å². The summed E-state index contributed by atoms with van der Waals surface area (Å²) in [6.45, 7) is 2.28. The largest absolute Gasteiger partial charge is 0.150 e. The van der Waals surface area contributed by atoms with E-state index in [1.54, 1.807) is 0 Å². The molecular weight excluding hydrogens is 112 g/mol. The van der Waals surface area contributed by atoms with E-state index in [-0.39, 0.29) is 0 Å². The van der Waals surface area contributed by atoms with Gasteiger partial charge in [-0.1, -0.05) is 6.92 Å². The van der Waals surface area contributed by atoms with Gasteiger partial charge in [0.2, 0.25) is 0 Å². The second-order valence-corrected chi connectivity index (χ2v) is 4.29. The van der Waals surface area contributed by atoms with Crippen LogP contribution >= 0.6 is 23.5 Å². The quantitative estimate of drug-likeness (QED) is 0.478. The molecule has 0 aromatic rings. The first-order chi connectivity index (χ1) is 2.89. The van der Waals surface area contributed by atoms with Crippen molar-refractivity contribution in [3.63, 3.8) is 0 Å². The summed E-state index contributed by atoms with van der Waals surface area (Å²) >= 11 is 4.11. The van der Waals surface area contributed by atoms with Crippen molar-refractivity contribution in [2.45, 2.75) is 12.2 Å². The van der Waals surface area contributed by atoms with Gasteiger partial charge in [-0.05, 0) is 0 Å². The van der Waals surface area contributed by atoms with Crippen molar-refractivity contribution in [1.29, 1.82) is 0 Å². The maximum atomic E-state index is 2.28. The van der Waals surface area contributed by atoms with Crippen LogP contribution in [-0.4, -0.2) is 16.1 Å². The number of hydrogen-bond acceptors (Lipinski definition) is 2. The summed E-state index contributed by atoms with van der Waals surface area (Å²) in [4.78, 5) is 0. The molecule has 0 unspecified atom stereocenters. The fourth-order valence-corrected chi connectivity index (χ4v) is 3.13. The van der Waals surface area contributed by atoms with Crippen LogP contribution in [0.5, 0.6) is 0 Å². The van der Waals surface area contributed by atoms with Crippen molar-refractivity contribution in [3.05, 3.63) is 0 Å². The average molecular weight is 120 g/mol.